The van der Waals surface area contributed by atoms with Crippen molar-refractivity contribution in [2.45, 2.75) is 25.1 Å². The predicted molar refractivity (Wildman–Crippen MR) is 87.4 cm³/mol. The van der Waals surface area contributed by atoms with Crippen molar-refractivity contribution in [3.05, 3.63) is 59.7 Å². The molecule has 6 heteroatoms. The van der Waals surface area contributed by atoms with Gasteiger partial charge in [-0.1, -0.05) is 0 Å². The van der Waals surface area contributed by atoms with Crippen LogP contribution in [0.15, 0.2) is 42.5 Å². The lowest BCUT2D eigenvalue weighted by molar-refractivity contribution is 0.0495. The summed E-state index contributed by atoms with van der Waals surface area (Å²) in [6, 6.07) is 10.5. The lowest BCUT2D eigenvalue weighted by Gasteiger charge is -2.52. The number of ether oxygens (including phenoxy) is 1. The highest BCUT2D eigenvalue weighted by molar-refractivity contribution is 7.80. The fourth-order valence-electron chi connectivity index (χ4n) is 3.33. The van der Waals surface area contributed by atoms with E-state index in [1.54, 1.807) is 18.2 Å². The molecule has 1 fully saturated rings. The first-order valence-corrected chi connectivity index (χ1v) is 7.72. The van der Waals surface area contributed by atoms with Crippen LogP contribution in [-0.2, 0) is 0 Å². The molecule has 0 unspecified atom stereocenters. The molecule has 2 bridgehead atoms. The maximum Gasteiger partial charge on any atom is 0.188 e. The molecule has 2 aliphatic rings. The van der Waals surface area contributed by atoms with Crippen molar-refractivity contribution in [3.63, 3.8) is 0 Å². The van der Waals surface area contributed by atoms with Crippen LogP contribution in [0.2, 0.25) is 0 Å². The first-order valence-electron chi connectivity index (χ1n) is 7.31. The van der Waals surface area contributed by atoms with Crippen LogP contribution >= 0.6 is 12.2 Å². The van der Waals surface area contributed by atoms with Gasteiger partial charge in [0.25, 0.3) is 0 Å². The summed E-state index contributed by atoms with van der Waals surface area (Å²) in [5.74, 6) is 0.0231. The summed E-state index contributed by atoms with van der Waals surface area (Å²) in [7, 11) is 0. The van der Waals surface area contributed by atoms with E-state index in [2.05, 4.69) is 5.32 Å². The summed E-state index contributed by atoms with van der Waals surface area (Å²) in [5, 5.41) is 3.71. The lowest BCUT2D eigenvalue weighted by atomic mass is 9.90. The standard InChI is InChI=1S/C17H14F2N2OS/c1-17-9-14(13-8-11(19)4-7-15(13)22-17)20-16(23)21(17)12-5-2-10(18)3-6-12/h2-8,14H,9H2,1H3,(H,20,23)/t14-,17+/m1/s1. The maximum atomic E-state index is 13.5. The summed E-state index contributed by atoms with van der Waals surface area (Å²) in [5.41, 5.74) is 0.800. The minimum atomic E-state index is -0.713. The van der Waals surface area contributed by atoms with E-state index in [0.717, 1.165) is 11.3 Å². The molecule has 0 radical (unpaired) electrons. The van der Waals surface area contributed by atoms with Gasteiger partial charge < -0.3 is 10.1 Å². The Morgan fingerprint density at radius 2 is 1.87 bits per heavy atom. The molecule has 0 aromatic heterocycles. The highest BCUT2D eigenvalue weighted by Gasteiger charge is 2.48. The van der Waals surface area contributed by atoms with Gasteiger partial charge in [0.15, 0.2) is 10.8 Å². The normalized spacial score (nSPS) is 25.4. The first kappa shape index (κ1) is 14.4. The molecule has 0 amide bonds. The average Bonchev–Trinajstić information content (AvgIpc) is 2.49. The number of halogens is 2. The molecule has 0 saturated carbocycles. The molecular formula is C17H14F2N2OS. The summed E-state index contributed by atoms with van der Waals surface area (Å²) in [6.07, 6.45) is 0.598. The molecule has 2 aromatic rings. The third kappa shape index (κ3) is 2.25. The number of fused-ring (bicyclic) bond motifs is 4. The van der Waals surface area contributed by atoms with E-state index >= 15 is 0 Å². The number of thiocarbonyl (C=S) groups is 1. The summed E-state index contributed by atoms with van der Waals surface area (Å²) < 4.78 is 32.9. The fraction of sp³-hybridized carbons (Fsp3) is 0.235. The smallest absolute Gasteiger partial charge is 0.188 e. The van der Waals surface area contributed by atoms with Gasteiger partial charge in [0.05, 0.1) is 6.04 Å². The van der Waals surface area contributed by atoms with Crippen molar-refractivity contribution in [2.75, 3.05) is 4.90 Å². The molecule has 0 aliphatic carbocycles. The van der Waals surface area contributed by atoms with Crippen molar-refractivity contribution in [1.29, 1.82) is 0 Å². The van der Waals surface area contributed by atoms with Crippen LogP contribution in [0.1, 0.15) is 24.9 Å². The van der Waals surface area contributed by atoms with Crippen molar-refractivity contribution in [1.82, 2.24) is 5.32 Å². The monoisotopic (exact) mass is 332 g/mol. The summed E-state index contributed by atoms with van der Waals surface area (Å²) in [4.78, 5) is 1.84. The minimum Gasteiger partial charge on any atom is -0.467 e. The zero-order valence-corrected chi connectivity index (χ0v) is 13.2. The number of anilines is 1. The molecule has 2 aromatic carbocycles. The van der Waals surface area contributed by atoms with Crippen LogP contribution in [-0.4, -0.2) is 10.8 Å². The van der Waals surface area contributed by atoms with Gasteiger partial charge in [-0.05, 0) is 61.6 Å². The molecule has 0 spiro atoms. The van der Waals surface area contributed by atoms with Crippen LogP contribution in [0.25, 0.3) is 0 Å². The molecule has 3 nitrogen and oxygen atoms in total. The van der Waals surface area contributed by atoms with Gasteiger partial charge in [0.2, 0.25) is 0 Å². The topological polar surface area (TPSA) is 24.5 Å². The number of benzene rings is 2. The summed E-state index contributed by atoms with van der Waals surface area (Å²) in [6.45, 7) is 1.93. The van der Waals surface area contributed by atoms with Crippen molar-refractivity contribution >= 4 is 23.0 Å². The molecular weight excluding hydrogens is 318 g/mol. The molecule has 2 aliphatic heterocycles. The third-order valence-corrected chi connectivity index (χ3v) is 4.62. The van der Waals surface area contributed by atoms with E-state index in [4.69, 9.17) is 17.0 Å². The third-order valence-electron chi connectivity index (χ3n) is 4.32. The second kappa shape index (κ2) is 4.89. The molecule has 23 heavy (non-hydrogen) atoms. The van der Waals surface area contributed by atoms with E-state index < -0.39 is 5.72 Å². The quantitative estimate of drug-likeness (QED) is 0.801. The Hall–Kier alpha value is -2.21. The molecule has 2 atom stereocenters. The van der Waals surface area contributed by atoms with Crippen LogP contribution in [0.4, 0.5) is 14.5 Å². The van der Waals surface area contributed by atoms with E-state index in [-0.39, 0.29) is 17.7 Å². The minimum absolute atomic E-state index is 0.108. The van der Waals surface area contributed by atoms with E-state index in [1.807, 2.05) is 11.8 Å². The number of nitrogens with zero attached hydrogens (tertiary/aromatic N) is 1. The van der Waals surface area contributed by atoms with Gasteiger partial charge in [-0.15, -0.1) is 0 Å². The van der Waals surface area contributed by atoms with Gasteiger partial charge >= 0.3 is 0 Å². The van der Waals surface area contributed by atoms with Gasteiger partial charge in [0.1, 0.15) is 17.4 Å². The van der Waals surface area contributed by atoms with Crippen molar-refractivity contribution in [3.8, 4) is 5.75 Å². The maximum absolute atomic E-state index is 13.5. The van der Waals surface area contributed by atoms with Gasteiger partial charge in [-0.2, -0.15) is 0 Å². The van der Waals surface area contributed by atoms with Crippen LogP contribution in [0, 0.1) is 11.6 Å². The van der Waals surface area contributed by atoms with Crippen molar-refractivity contribution in [2.24, 2.45) is 0 Å². The Bertz CT molecular complexity index is 796. The Morgan fingerprint density at radius 1 is 1.17 bits per heavy atom. The molecule has 2 heterocycles. The zero-order valence-electron chi connectivity index (χ0n) is 12.3. The van der Waals surface area contributed by atoms with Crippen LogP contribution in [0.3, 0.4) is 0 Å². The second-order valence-corrected chi connectivity index (χ2v) is 6.36. The fourth-order valence-corrected chi connectivity index (χ4v) is 3.77. The van der Waals surface area contributed by atoms with Crippen LogP contribution in [0.5, 0.6) is 5.75 Å². The lowest BCUT2D eigenvalue weighted by Crippen LogP contribution is -2.65. The molecule has 1 N–H and O–H groups in total. The molecule has 1 saturated heterocycles. The number of hydrogen-bond acceptors (Lipinski definition) is 2. The Kier molecular flexibility index (Phi) is 3.06. The second-order valence-electron chi connectivity index (χ2n) is 5.98. The summed E-state index contributed by atoms with van der Waals surface area (Å²) >= 11 is 5.48. The average molecular weight is 332 g/mol. The van der Waals surface area contributed by atoms with Crippen molar-refractivity contribution < 1.29 is 13.5 Å². The highest BCUT2D eigenvalue weighted by Crippen LogP contribution is 2.45. The van der Waals surface area contributed by atoms with E-state index in [9.17, 15) is 8.78 Å². The Balaban J connectivity index is 1.79. The van der Waals surface area contributed by atoms with E-state index in [0.29, 0.717) is 17.3 Å². The van der Waals surface area contributed by atoms with Crippen LogP contribution < -0.4 is 15.0 Å². The van der Waals surface area contributed by atoms with Gasteiger partial charge in [0, 0.05) is 17.7 Å². The molecule has 4 rings (SSSR count). The largest absolute Gasteiger partial charge is 0.467 e. The van der Waals surface area contributed by atoms with Gasteiger partial charge in [-0.25, -0.2) is 8.78 Å². The Morgan fingerprint density at radius 3 is 2.61 bits per heavy atom. The number of hydrogen-bond donors (Lipinski definition) is 1. The zero-order chi connectivity index (χ0) is 16.2. The highest BCUT2D eigenvalue weighted by atomic mass is 32.1. The number of nitrogens with one attached hydrogen (secondary N) is 1. The predicted octanol–water partition coefficient (Wildman–Crippen LogP) is 3.90. The molecule has 118 valence electrons. The van der Waals surface area contributed by atoms with E-state index in [1.165, 1.54) is 24.3 Å². The Labute approximate surface area is 137 Å². The SMILES string of the molecule is C[C@]12C[C@@H](NC(=S)N1c1ccc(F)cc1)c1cc(F)ccc1O2. The number of rotatable bonds is 1. The van der Waals surface area contributed by atoms with Gasteiger partial charge in [-0.3, -0.25) is 4.90 Å². The first-order chi connectivity index (χ1) is 11.0.